The lowest BCUT2D eigenvalue weighted by Crippen LogP contribution is -1.98. The Kier molecular flexibility index (Phi) is 3.21. The summed E-state index contributed by atoms with van der Waals surface area (Å²) in [6.45, 7) is 2.74. The molecule has 0 spiro atoms. The summed E-state index contributed by atoms with van der Waals surface area (Å²) in [6.07, 6.45) is 0. The minimum Gasteiger partial charge on any atom is -0.462 e. The predicted octanol–water partition coefficient (Wildman–Crippen LogP) is 1.73. The highest BCUT2D eigenvalue weighted by Crippen LogP contribution is 2.11. The SMILES string of the molecule is COCc1ccc(CNc2nc(C)no2)o1. The first-order valence-corrected chi connectivity index (χ1v) is 4.88. The van der Waals surface area contributed by atoms with Crippen LogP contribution < -0.4 is 5.32 Å². The monoisotopic (exact) mass is 223 g/mol. The maximum atomic E-state index is 5.48. The van der Waals surface area contributed by atoms with Crippen LogP contribution in [0.2, 0.25) is 0 Å². The molecule has 0 saturated carbocycles. The van der Waals surface area contributed by atoms with E-state index in [1.54, 1.807) is 14.0 Å². The summed E-state index contributed by atoms with van der Waals surface area (Å²) in [4.78, 5) is 4.01. The highest BCUT2D eigenvalue weighted by Gasteiger charge is 2.04. The molecule has 0 saturated heterocycles. The van der Waals surface area contributed by atoms with E-state index in [9.17, 15) is 0 Å². The second-order valence-corrected chi connectivity index (χ2v) is 3.30. The smallest absolute Gasteiger partial charge is 0.321 e. The van der Waals surface area contributed by atoms with E-state index in [1.165, 1.54) is 0 Å². The van der Waals surface area contributed by atoms with Crippen molar-refractivity contribution in [3.8, 4) is 0 Å². The van der Waals surface area contributed by atoms with Gasteiger partial charge in [0.25, 0.3) is 0 Å². The van der Waals surface area contributed by atoms with E-state index in [0.29, 0.717) is 25.0 Å². The Morgan fingerprint density at radius 1 is 1.38 bits per heavy atom. The number of methoxy groups -OCH3 is 1. The van der Waals surface area contributed by atoms with Gasteiger partial charge in [-0.3, -0.25) is 0 Å². The topological polar surface area (TPSA) is 73.3 Å². The van der Waals surface area contributed by atoms with Gasteiger partial charge < -0.3 is 19.0 Å². The van der Waals surface area contributed by atoms with Crippen molar-refractivity contribution in [2.45, 2.75) is 20.1 Å². The summed E-state index contributed by atoms with van der Waals surface area (Å²) < 4.78 is 15.3. The molecule has 6 nitrogen and oxygen atoms in total. The number of aromatic nitrogens is 2. The van der Waals surface area contributed by atoms with E-state index < -0.39 is 0 Å². The van der Waals surface area contributed by atoms with Crippen molar-refractivity contribution < 1.29 is 13.7 Å². The number of nitrogens with zero attached hydrogens (tertiary/aromatic N) is 2. The van der Waals surface area contributed by atoms with Crippen LogP contribution in [0.15, 0.2) is 21.1 Å². The molecule has 2 heterocycles. The van der Waals surface area contributed by atoms with Gasteiger partial charge in [-0.1, -0.05) is 5.16 Å². The summed E-state index contributed by atoms with van der Waals surface area (Å²) >= 11 is 0. The van der Waals surface area contributed by atoms with Crippen molar-refractivity contribution in [1.82, 2.24) is 10.1 Å². The molecule has 0 aliphatic rings. The number of ether oxygens (including phenoxy) is 1. The fourth-order valence-electron chi connectivity index (χ4n) is 1.27. The van der Waals surface area contributed by atoms with Crippen LogP contribution in [0.25, 0.3) is 0 Å². The van der Waals surface area contributed by atoms with Gasteiger partial charge in [0, 0.05) is 7.11 Å². The number of nitrogens with one attached hydrogen (secondary N) is 1. The van der Waals surface area contributed by atoms with Crippen molar-refractivity contribution >= 4 is 6.01 Å². The number of rotatable bonds is 5. The van der Waals surface area contributed by atoms with E-state index in [-0.39, 0.29) is 0 Å². The number of furan rings is 1. The maximum absolute atomic E-state index is 5.48. The number of hydrogen-bond donors (Lipinski definition) is 1. The quantitative estimate of drug-likeness (QED) is 0.832. The molecule has 86 valence electrons. The van der Waals surface area contributed by atoms with Crippen molar-refractivity contribution in [2.75, 3.05) is 12.4 Å². The zero-order valence-corrected chi connectivity index (χ0v) is 9.19. The second-order valence-electron chi connectivity index (χ2n) is 3.30. The molecule has 0 aromatic carbocycles. The summed E-state index contributed by atoms with van der Waals surface area (Å²) in [5.41, 5.74) is 0. The molecule has 0 aliphatic carbocycles. The number of aryl methyl sites for hydroxylation is 1. The fraction of sp³-hybridized carbons (Fsp3) is 0.400. The van der Waals surface area contributed by atoms with Crippen LogP contribution in [0.4, 0.5) is 6.01 Å². The first-order chi connectivity index (χ1) is 7.78. The lowest BCUT2D eigenvalue weighted by Gasteiger charge is -1.97. The van der Waals surface area contributed by atoms with Gasteiger partial charge in [-0.05, 0) is 19.1 Å². The summed E-state index contributed by atoms with van der Waals surface area (Å²) in [5.74, 6) is 2.19. The van der Waals surface area contributed by atoms with Crippen LogP contribution >= 0.6 is 0 Å². The molecule has 0 atom stereocenters. The zero-order chi connectivity index (χ0) is 11.4. The highest BCUT2D eigenvalue weighted by atomic mass is 16.5. The molecular formula is C10H13N3O3. The molecule has 1 N–H and O–H groups in total. The lowest BCUT2D eigenvalue weighted by atomic mass is 10.4. The Hall–Kier alpha value is -1.82. The predicted molar refractivity (Wildman–Crippen MR) is 55.8 cm³/mol. The highest BCUT2D eigenvalue weighted by molar-refractivity contribution is 5.20. The Labute approximate surface area is 92.6 Å². The Morgan fingerprint density at radius 3 is 2.88 bits per heavy atom. The Balaban J connectivity index is 1.89. The largest absolute Gasteiger partial charge is 0.462 e. The van der Waals surface area contributed by atoms with Gasteiger partial charge in [0.2, 0.25) is 0 Å². The van der Waals surface area contributed by atoms with Gasteiger partial charge in [-0.15, -0.1) is 0 Å². The van der Waals surface area contributed by atoms with Crippen LogP contribution in [0.1, 0.15) is 17.3 Å². The van der Waals surface area contributed by atoms with Gasteiger partial charge in [0.1, 0.15) is 18.1 Å². The van der Waals surface area contributed by atoms with Gasteiger partial charge in [0.15, 0.2) is 5.82 Å². The third-order valence-corrected chi connectivity index (χ3v) is 1.95. The Morgan fingerprint density at radius 2 is 2.19 bits per heavy atom. The van der Waals surface area contributed by atoms with Crippen LogP contribution in [-0.4, -0.2) is 17.3 Å². The van der Waals surface area contributed by atoms with Crippen LogP contribution in [0, 0.1) is 6.92 Å². The molecule has 6 heteroatoms. The zero-order valence-electron chi connectivity index (χ0n) is 9.19. The van der Waals surface area contributed by atoms with Crippen LogP contribution in [0.5, 0.6) is 0 Å². The number of anilines is 1. The molecule has 16 heavy (non-hydrogen) atoms. The Bertz CT molecular complexity index is 450. The minimum atomic E-state index is 0.391. The van der Waals surface area contributed by atoms with Crippen molar-refractivity contribution in [3.05, 3.63) is 29.5 Å². The molecule has 2 aromatic rings. The molecule has 0 bridgehead atoms. The molecular weight excluding hydrogens is 210 g/mol. The third kappa shape index (κ3) is 2.60. The average molecular weight is 223 g/mol. The summed E-state index contributed by atoms with van der Waals surface area (Å²) in [6, 6.07) is 4.15. The molecule has 0 unspecified atom stereocenters. The standard InChI is InChI=1S/C10H13N3O3/c1-7-12-10(16-13-7)11-5-8-3-4-9(15-8)6-14-2/h3-4H,5-6H2,1-2H3,(H,11,12,13). The van der Waals surface area contributed by atoms with Crippen molar-refractivity contribution in [2.24, 2.45) is 0 Å². The van der Waals surface area contributed by atoms with E-state index in [4.69, 9.17) is 13.7 Å². The lowest BCUT2D eigenvalue weighted by molar-refractivity contribution is 0.163. The molecule has 2 rings (SSSR count). The fourth-order valence-corrected chi connectivity index (χ4v) is 1.27. The van der Waals surface area contributed by atoms with E-state index in [0.717, 1.165) is 11.5 Å². The van der Waals surface area contributed by atoms with Crippen molar-refractivity contribution in [3.63, 3.8) is 0 Å². The summed E-state index contributed by atoms with van der Waals surface area (Å²) in [5, 5.41) is 6.63. The van der Waals surface area contributed by atoms with Gasteiger partial charge in [-0.25, -0.2) is 0 Å². The normalized spacial score (nSPS) is 10.6. The maximum Gasteiger partial charge on any atom is 0.321 e. The van der Waals surface area contributed by atoms with Crippen LogP contribution in [0.3, 0.4) is 0 Å². The average Bonchev–Trinajstić information content (AvgIpc) is 2.85. The minimum absolute atomic E-state index is 0.391. The van der Waals surface area contributed by atoms with Crippen molar-refractivity contribution in [1.29, 1.82) is 0 Å². The van der Waals surface area contributed by atoms with Crippen LogP contribution in [-0.2, 0) is 17.9 Å². The van der Waals surface area contributed by atoms with Gasteiger partial charge in [-0.2, -0.15) is 4.98 Å². The molecule has 0 aliphatic heterocycles. The molecule has 0 radical (unpaired) electrons. The first-order valence-electron chi connectivity index (χ1n) is 4.88. The molecule has 0 amide bonds. The van der Waals surface area contributed by atoms with Gasteiger partial charge in [0.05, 0.1) is 6.54 Å². The molecule has 0 fully saturated rings. The summed E-state index contributed by atoms with van der Waals surface area (Å²) in [7, 11) is 1.63. The van der Waals surface area contributed by atoms with Gasteiger partial charge >= 0.3 is 6.01 Å². The molecule has 2 aromatic heterocycles. The second kappa shape index (κ2) is 4.80. The first kappa shape index (κ1) is 10.7. The van der Waals surface area contributed by atoms with E-state index in [1.807, 2.05) is 12.1 Å². The number of hydrogen-bond acceptors (Lipinski definition) is 6. The third-order valence-electron chi connectivity index (χ3n) is 1.95. The van der Waals surface area contributed by atoms with E-state index in [2.05, 4.69) is 15.5 Å². The van der Waals surface area contributed by atoms with E-state index >= 15 is 0 Å².